The smallest absolute Gasteiger partial charge is 0.0594 e. The second-order valence-corrected chi connectivity index (χ2v) is 6.40. The predicted molar refractivity (Wildman–Crippen MR) is 97.0 cm³/mol. The van der Waals surface area contributed by atoms with E-state index < -0.39 is 0 Å². The molecule has 0 N–H and O–H groups in total. The van der Waals surface area contributed by atoms with Crippen molar-refractivity contribution in [1.82, 2.24) is 4.90 Å². The fraction of sp³-hybridized carbons (Fsp3) is 0.333. The Morgan fingerprint density at radius 3 is 2.43 bits per heavy atom. The van der Waals surface area contributed by atoms with Crippen LogP contribution in [0.15, 0.2) is 54.6 Å². The van der Waals surface area contributed by atoms with Crippen molar-refractivity contribution in [2.45, 2.75) is 12.8 Å². The normalized spacial score (nSPS) is 16.2. The summed E-state index contributed by atoms with van der Waals surface area (Å²) in [6, 6.07) is 20.1. The maximum atomic E-state index is 5.41. The molecule has 0 atom stereocenters. The minimum Gasteiger partial charge on any atom is -0.379 e. The van der Waals surface area contributed by atoms with Gasteiger partial charge in [-0.2, -0.15) is 0 Å². The van der Waals surface area contributed by atoms with Gasteiger partial charge in [0, 0.05) is 13.1 Å². The first-order valence-electron chi connectivity index (χ1n) is 8.61. The quantitative estimate of drug-likeness (QED) is 0.668. The van der Waals surface area contributed by atoms with Gasteiger partial charge in [0.25, 0.3) is 0 Å². The lowest BCUT2D eigenvalue weighted by molar-refractivity contribution is 0.0375. The summed E-state index contributed by atoms with van der Waals surface area (Å²) < 4.78 is 5.41. The van der Waals surface area contributed by atoms with Crippen molar-refractivity contribution in [2.24, 2.45) is 0 Å². The molecule has 3 aromatic rings. The molecule has 0 aliphatic carbocycles. The topological polar surface area (TPSA) is 12.5 Å². The van der Waals surface area contributed by atoms with Crippen LogP contribution >= 0.6 is 0 Å². The number of benzene rings is 3. The zero-order valence-electron chi connectivity index (χ0n) is 13.5. The van der Waals surface area contributed by atoms with E-state index in [0.29, 0.717) is 0 Å². The number of nitrogens with zero attached hydrogens (tertiary/aromatic N) is 1. The molecule has 2 nitrogen and oxygen atoms in total. The van der Waals surface area contributed by atoms with Crippen LogP contribution < -0.4 is 0 Å². The lowest BCUT2D eigenvalue weighted by atomic mass is 9.98. The fourth-order valence-corrected chi connectivity index (χ4v) is 3.54. The maximum Gasteiger partial charge on any atom is 0.0594 e. The SMILES string of the molecule is c1ccc2c(c1)ccc1ccc(CCCN3CCOCC3)cc12. The predicted octanol–water partition coefficient (Wildman–Crippen LogP) is 4.26. The minimum absolute atomic E-state index is 0.891. The molecule has 1 saturated heterocycles. The highest BCUT2D eigenvalue weighted by Crippen LogP contribution is 2.26. The van der Waals surface area contributed by atoms with Gasteiger partial charge in [0.05, 0.1) is 13.2 Å². The van der Waals surface area contributed by atoms with Crippen molar-refractivity contribution in [3.63, 3.8) is 0 Å². The van der Waals surface area contributed by atoms with E-state index in [1.165, 1.54) is 40.1 Å². The summed E-state index contributed by atoms with van der Waals surface area (Å²) in [6.07, 6.45) is 2.37. The Bertz CT molecular complexity index is 805. The molecular weight excluding hydrogens is 282 g/mol. The van der Waals surface area contributed by atoms with Gasteiger partial charge in [-0.15, -0.1) is 0 Å². The van der Waals surface area contributed by atoms with Gasteiger partial charge in [0.1, 0.15) is 0 Å². The molecular formula is C21H23NO. The molecule has 0 unspecified atom stereocenters. The van der Waals surface area contributed by atoms with E-state index in [0.717, 1.165) is 32.7 Å². The average molecular weight is 305 g/mol. The van der Waals surface area contributed by atoms with Crippen LogP contribution in [0, 0.1) is 0 Å². The van der Waals surface area contributed by atoms with Crippen molar-refractivity contribution in [3.8, 4) is 0 Å². The zero-order valence-corrected chi connectivity index (χ0v) is 13.5. The second-order valence-electron chi connectivity index (χ2n) is 6.40. The molecule has 0 amide bonds. The summed E-state index contributed by atoms with van der Waals surface area (Å²) in [5.41, 5.74) is 1.45. The van der Waals surface area contributed by atoms with E-state index >= 15 is 0 Å². The van der Waals surface area contributed by atoms with E-state index in [4.69, 9.17) is 4.74 Å². The summed E-state index contributed by atoms with van der Waals surface area (Å²) in [5, 5.41) is 5.40. The second kappa shape index (κ2) is 6.69. The van der Waals surface area contributed by atoms with Crippen molar-refractivity contribution in [2.75, 3.05) is 32.8 Å². The van der Waals surface area contributed by atoms with Gasteiger partial charge in [-0.25, -0.2) is 0 Å². The Labute approximate surface area is 137 Å². The Morgan fingerprint density at radius 2 is 1.57 bits per heavy atom. The van der Waals surface area contributed by atoms with Gasteiger partial charge in [0.2, 0.25) is 0 Å². The van der Waals surface area contributed by atoms with Crippen LogP contribution in [0.1, 0.15) is 12.0 Å². The summed E-state index contributed by atoms with van der Waals surface area (Å²) in [4.78, 5) is 2.51. The monoisotopic (exact) mass is 305 g/mol. The van der Waals surface area contributed by atoms with Crippen LogP contribution in [0.25, 0.3) is 21.5 Å². The van der Waals surface area contributed by atoms with Gasteiger partial charge in [-0.1, -0.05) is 54.6 Å². The van der Waals surface area contributed by atoms with Crippen molar-refractivity contribution >= 4 is 21.5 Å². The number of hydrogen-bond donors (Lipinski definition) is 0. The van der Waals surface area contributed by atoms with Crippen LogP contribution in [0.5, 0.6) is 0 Å². The van der Waals surface area contributed by atoms with Crippen LogP contribution in [0.2, 0.25) is 0 Å². The van der Waals surface area contributed by atoms with E-state index in [9.17, 15) is 0 Å². The highest BCUT2D eigenvalue weighted by Gasteiger charge is 2.09. The van der Waals surface area contributed by atoms with Crippen molar-refractivity contribution < 1.29 is 4.74 Å². The van der Waals surface area contributed by atoms with Crippen molar-refractivity contribution in [3.05, 3.63) is 60.2 Å². The zero-order chi connectivity index (χ0) is 15.5. The molecule has 3 aromatic carbocycles. The van der Waals surface area contributed by atoms with Gasteiger partial charge in [-0.3, -0.25) is 4.90 Å². The standard InChI is InChI=1S/C21H23NO/c1-2-6-20-18(5-1)9-10-19-8-7-17(16-21(19)20)4-3-11-22-12-14-23-15-13-22/h1-2,5-10,16H,3-4,11-15H2. The molecule has 0 radical (unpaired) electrons. The molecule has 4 rings (SSSR count). The molecule has 0 saturated carbocycles. The molecule has 0 spiro atoms. The van der Waals surface area contributed by atoms with Gasteiger partial charge >= 0.3 is 0 Å². The lowest BCUT2D eigenvalue weighted by Crippen LogP contribution is -2.36. The Kier molecular flexibility index (Phi) is 4.27. The third-order valence-corrected chi connectivity index (χ3v) is 4.85. The minimum atomic E-state index is 0.891. The first-order chi connectivity index (χ1) is 11.4. The molecule has 23 heavy (non-hydrogen) atoms. The Morgan fingerprint density at radius 1 is 0.826 bits per heavy atom. The number of ether oxygens (including phenoxy) is 1. The number of fused-ring (bicyclic) bond motifs is 3. The maximum absolute atomic E-state index is 5.41. The highest BCUT2D eigenvalue weighted by atomic mass is 16.5. The molecule has 1 fully saturated rings. The van der Waals surface area contributed by atoms with E-state index in [1.807, 2.05) is 0 Å². The number of morpholine rings is 1. The van der Waals surface area contributed by atoms with E-state index in [-0.39, 0.29) is 0 Å². The van der Waals surface area contributed by atoms with Gasteiger partial charge in [0.15, 0.2) is 0 Å². The van der Waals surface area contributed by atoms with E-state index in [1.54, 1.807) is 0 Å². The van der Waals surface area contributed by atoms with E-state index in [2.05, 4.69) is 59.5 Å². The van der Waals surface area contributed by atoms with Crippen molar-refractivity contribution in [1.29, 1.82) is 0 Å². The van der Waals surface area contributed by atoms with Gasteiger partial charge in [-0.05, 0) is 46.5 Å². The highest BCUT2D eigenvalue weighted by molar-refractivity contribution is 6.07. The summed E-state index contributed by atoms with van der Waals surface area (Å²) in [6.45, 7) is 5.13. The molecule has 0 bridgehead atoms. The molecule has 0 aromatic heterocycles. The molecule has 1 aliphatic heterocycles. The summed E-state index contributed by atoms with van der Waals surface area (Å²) >= 11 is 0. The molecule has 118 valence electrons. The number of hydrogen-bond acceptors (Lipinski definition) is 2. The first kappa shape index (κ1) is 14.7. The largest absolute Gasteiger partial charge is 0.379 e. The average Bonchev–Trinajstić information content (AvgIpc) is 2.62. The molecule has 2 heteroatoms. The number of rotatable bonds is 4. The summed E-state index contributed by atoms with van der Waals surface area (Å²) in [7, 11) is 0. The lowest BCUT2D eigenvalue weighted by Gasteiger charge is -2.26. The van der Waals surface area contributed by atoms with Crippen LogP contribution in [0.3, 0.4) is 0 Å². The summed E-state index contributed by atoms with van der Waals surface area (Å²) in [5.74, 6) is 0. The van der Waals surface area contributed by atoms with Gasteiger partial charge < -0.3 is 4.74 Å². The third-order valence-electron chi connectivity index (χ3n) is 4.85. The molecule has 1 aliphatic rings. The first-order valence-corrected chi connectivity index (χ1v) is 8.61. The van der Waals surface area contributed by atoms with Crippen LogP contribution in [0.4, 0.5) is 0 Å². The van der Waals surface area contributed by atoms with Crippen LogP contribution in [-0.4, -0.2) is 37.7 Å². The Balaban J connectivity index is 1.52. The van der Waals surface area contributed by atoms with Crippen LogP contribution in [-0.2, 0) is 11.2 Å². The number of aryl methyl sites for hydroxylation is 1. The Hall–Kier alpha value is -1.90. The molecule has 1 heterocycles. The third kappa shape index (κ3) is 3.24. The fourth-order valence-electron chi connectivity index (χ4n) is 3.54.